The first-order valence-corrected chi connectivity index (χ1v) is 12.9. The molecule has 2 saturated carbocycles. The first-order chi connectivity index (χ1) is 17.9. The molecule has 3 fully saturated rings. The smallest absolute Gasteiger partial charge is 0.298 e. The van der Waals surface area contributed by atoms with Gasteiger partial charge in [0.2, 0.25) is 0 Å². The molecule has 3 aromatic rings. The van der Waals surface area contributed by atoms with E-state index in [1.54, 1.807) is 17.8 Å². The summed E-state index contributed by atoms with van der Waals surface area (Å²) >= 11 is 0. The van der Waals surface area contributed by atoms with E-state index in [2.05, 4.69) is 41.2 Å². The summed E-state index contributed by atoms with van der Waals surface area (Å²) in [6, 6.07) is 8.70. The van der Waals surface area contributed by atoms with Crippen LogP contribution in [0.3, 0.4) is 0 Å². The van der Waals surface area contributed by atoms with E-state index in [1.807, 2.05) is 15.8 Å². The number of likely N-dealkylation sites (tertiary alicyclic amines) is 1. The molecule has 6 rings (SSSR count). The number of anilines is 1. The monoisotopic (exact) mass is 497 g/mol. The quantitative estimate of drug-likeness (QED) is 0.507. The highest BCUT2D eigenvalue weighted by molar-refractivity contribution is 6.03. The van der Waals surface area contributed by atoms with Crippen LogP contribution < -0.4 is 11.5 Å². The fourth-order valence-corrected chi connectivity index (χ4v) is 6.03. The molecule has 1 spiro atoms. The highest BCUT2D eigenvalue weighted by atomic mass is 16.2. The number of nitrogens with two attached hydrogens (primary N) is 2. The lowest BCUT2D eigenvalue weighted by atomic mass is 9.65. The molecule has 2 aliphatic carbocycles. The molecule has 37 heavy (non-hydrogen) atoms. The minimum atomic E-state index is -0.603. The molecule has 190 valence electrons. The zero-order chi connectivity index (χ0) is 25.7. The van der Waals surface area contributed by atoms with Crippen LogP contribution in [0.25, 0.3) is 11.3 Å². The molecule has 1 saturated heterocycles. The Kier molecular flexibility index (Phi) is 5.55. The van der Waals surface area contributed by atoms with E-state index in [4.69, 9.17) is 16.6 Å². The van der Waals surface area contributed by atoms with Crippen molar-refractivity contribution in [3.8, 4) is 23.1 Å². The van der Waals surface area contributed by atoms with Crippen molar-refractivity contribution in [2.45, 2.75) is 57.5 Å². The maximum absolute atomic E-state index is 12.4. The molecule has 3 aliphatic rings. The molecule has 0 unspecified atom stereocenters. The first kappa shape index (κ1) is 23.3. The minimum absolute atomic E-state index is 0.0550. The number of primary amides is 1. The molecule has 1 aliphatic heterocycles. The number of hydrogen-bond donors (Lipinski definition) is 2. The number of carbonyl (C=O) groups is 2. The standard InChI is InChI=1S/C28H31N7O2/c1-2-4-23(36)33-10-9-28(17-33)12-22(13-28)35-26(29)24(27(30)37)25(32-35)21-14-31-34(16-21)15-18-5-3-6-20(11-18)19-7-8-19/h3,5-6,11,14,16,19,22H,7-10,12-13,15,17,29H2,1H3,(H2,30,37). The molecule has 4 N–H and O–H groups in total. The second-order valence-corrected chi connectivity index (χ2v) is 10.8. The average molecular weight is 498 g/mol. The van der Waals surface area contributed by atoms with Gasteiger partial charge in [0.25, 0.3) is 11.8 Å². The Bertz CT molecular complexity index is 1450. The predicted octanol–water partition coefficient (Wildman–Crippen LogP) is 2.93. The van der Waals surface area contributed by atoms with Gasteiger partial charge in [-0.15, -0.1) is 0 Å². The van der Waals surface area contributed by atoms with Crippen LogP contribution in [0, 0.1) is 17.3 Å². The third kappa shape index (κ3) is 4.26. The van der Waals surface area contributed by atoms with Gasteiger partial charge in [0, 0.05) is 24.8 Å². The molecule has 2 amide bonds. The minimum Gasteiger partial charge on any atom is -0.383 e. The lowest BCUT2D eigenvalue weighted by Gasteiger charge is -2.45. The van der Waals surface area contributed by atoms with Crippen molar-refractivity contribution in [3.63, 3.8) is 0 Å². The number of benzene rings is 1. The number of amides is 2. The SMILES string of the molecule is CC#CC(=O)N1CCC2(CC(n3nc(-c4cnn(Cc5cccc(C6CC6)c5)c4)c(C(N)=O)c3N)C2)C1. The molecular formula is C28H31N7O2. The largest absolute Gasteiger partial charge is 0.383 e. The number of carbonyl (C=O) groups excluding carboxylic acids is 2. The van der Waals surface area contributed by atoms with Crippen LogP contribution >= 0.6 is 0 Å². The highest BCUT2D eigenvalue weighted by Gasteiger charge is 2.51. The number of hydrogen-bond acceptors (Lipinski definition) is 5. The van der Waals surface area contributed by atoms with E-state index in [0.29, 0.717) is 30.3 Å². The molecule has 9 heteroatoms. The van der Waals surface area contributed by atoms with E-state index >= 15 is 0 Å². The molecule has 9 nitrogen and oxygen atoms in total. The summed E-state index contributed by atoms with van der Waals surface area (Å²) in [5, 5.41) is 9.28. The Labute approximate surface area is 215 Å². The van der Waals surface area contributed by atoms with Gasteiger partial charge < -0.3 is 16.4 Å². The predicted molar refractivity (Wildman–Crippen MR) is 139 cm³/mol. The fraction of sp³-hybridized carbons (Fsp3) is 0.429. The summed E-state index contributed by atoms with van der Waals surface area (Å²) in [6.07, 6.45) is 8.75. The fourth-order valence-electron chi connectivity index (χ4n) is 6.03. The van der Waals surface area contributed by atoms with Gasteiger partial charge in [-0.3, -0.25) is 14.3 Å². The van der Waals surface area contributed by atoms with Crippen molar-refractivity contribution in [3.05, 3.63) is 53.3 Å². The van der Waals surface area contributed by atoms with Crippen LogP contribution in [0.15, 0.2) is 36.7 Å². The van der Waals surface area contributed by atoms with Gasteiger partial charge in [0.15, 0.2) is 0 Å². The second-order valence-electron chi connectivity index (χ2n) is 10.8. The molecule has 3 heterocycles. The normalized spacial score (nSPS) is 22.5. The van der Waals surface area contributed by atoms with Gasteiger partial charge in [-0.05, 0) is 67.4 Å². The Balaban J connectivity index is 1.20. The molecule has 1 aromatic carbocycles. The van der Waals surface area contributed by atoms with Crippen LogP contribution in [-0.2, 0) is 11.3 Å². The molecule has 2 aromatic heterocycles. The van der Waals surface area contributed by atoms with Gasteiger partial charge in [0.05, 0.1) is 18.8 Å². The summed E-state index contributed by atoms with van der Waals surface area (Å²) in [4.78, 5) is 26.4. The second kappa shape index (κ2) is 8.80. The van der Waals surface area contributed by atoms with Crippen LogP contribution in [-0.4, -0.2) is 49.4 Å². The van der Waals surface area contributed by atoms with Gasteiger partial charge in [-0.25, -0.2) is 4.68 Å². The first-order valence-electron chi connectivity index (χ1n) is 12.9. The van der Waals surface area contributed by atoms with Crippen LogP contribution in [0.1, 0.15) is 72.5 Å². The molecule has 0 radical (unpaired) electrons. The zero-order valence-electron chi connectivity index (χ0n) is 21.0. The molecular weight excluding hydrogens is 466 g/mol. The van der Waals surface area contributed by atoms with Crippen molar-refractivity contribution in [2.75, 3.05) is 18.8 Å². The van der Waals surface area contributed by atoms with E-state index in [-0.39, 0.29) is 28.7 Å². The van der Waals surface area contributed by atoms with Crippen LogP contribution in [0.5, 0.6) is 0 Å². The Hall–Kier alpha value is -4.06. The highest BCUT2D eigenvalue weighted by Crippen LogP contribution is 2.54. The zero-order valence-corrected chi connectivity index (χ0v) is 21.0. The number of nitrogens with zero attached hydrogens (tertiary/aromatic N) is 5. The summed E-state index contributed by atoms with van der Waals surface area (Å²) in [5.41, 5.74) is 16.2. The summed E-state index contributed by atoms with van der Waals surface area (Å²) < 4.78 is 3.59. The van der Waals surface area contributed by atoms with E-state index in [0.717, 1.165) is 25.8 Å². The van der Waals surface area contributed by atoms with Crippen LogP contribution in [0.4, 0.5) is 5.82 Å². The Morgan fingerprint density at radius 2 is 2.05 bits per heavy atom. The number of nitrogen functional groups attached to an aromatic ring is 1. The third-order valence-corrected chi connectivity index (χ3v) is 8.09. The van der Waals surface area contributed by atoms with Crippen molar-refractivity contribution in [1.29, 1.82) is 0 Å². The number of aromatic nitrogens is 4. The lowest BCUT2D eigenvalue weighted by Crippen LogP contribution is -2.42. The maximum Gasteiger partial charge on any atom is 0.298 e. The Morgan fingerprint density at radius 1 is 1.24 bits per heavy atom. The summed E-state index contributed by atoms with van der Waals surface area (Å²) in [5.74, 6) is 5.59. The van der Waals surface area contributed by atoms with Crippen molar-refractivity contribution in [2.24, 2.45) is 11.1 Å². The summed E-state index contributed by atoms with van der Waals surface area (Å²) in [6.45, 7) is 3.72. The topological polar surface area (TPSA) is 125 Å². The van der Waals surface area contributed by atoms with Crippen molar-refractivity contribution < 1.29 is 9.59 Å². The molecule has 0 atom stereocenters. The molecule has 0 bridgehead atoms. The Morgan fingerprint density at radius 3 is 2.78 bits per heavy atom. The van der Waals surface area contributed by atoms with Crippen LogP contribution in [0.2, 0.25) is 0 Å². The van der Waals surface area contributed by atoms with E-state index < -0.39 is 5.91 Å². The van der Waals surface area contributed by atoms with Gasteiger partial charge >= 0.3 is 0 Å². The number of rotatable bonds is 6. The average Bonchev–Trinajstić information content (AvgIpc) is 3.27. The maximum atomic E-state index is 12.4. The van der Waals surface area contributed by atoms with Gasteiger partial charge in [0.1, 0.15) is 17.1 Å². The lowest BCUT2D eigenvalue weighted by molar-refractivity contribution is -0.125. The van der Waals surface area contributed by atoms with Crippen molar-refractivity contribution >= 4 is 17.6 Å². The third-order valence-electron chi connectivity index (χ3n) is 8.09. The van der Waals surface area contributed by atoms with E-state index in [9.17, 15) is 9.59 Å². The van der Waals surface area contributed by atoms with Crippen molar-refractivity contribution in [1.82, 2.24) is 24.5 Å². The van der Waals surface area contributed by atoms with Gasteiger partial charge in [-0.1, -0.05) is 30.2 Å². The van der Waals surface area contributed by atoms with Gasteiger partial charge in [-0.2, -0.15) is 10.2 Å². The van der Waals surface area contributed by atoms with E-state index in [1.165, 1.54) is 24.0 Å². The summed E-state index contributed by atoms with van der Waals surface area (Å²) in [7, 11) is 0.